The lowest BCUT2D eigenvalue weighted by molar-refractivity contribution is 0.0706. The maximum atomic E-state index is 14.5. The number of nitrogens with zero attached hydrogens (tertiary/aromatic N) is 3. The van der Waals surface area contributed by atoms with Gasteiger partial charge in [0, 0.05) is 23.4 Å². The number of carbonyl (C=O) groups is 1. The summed E-state index contributed by atoms with van der Waals surface area (Å²) in [6, 6.07) is 20.7. The molecule has 0 N–H and O–H groups in total. The van der Waals surface area contributed by atoms with E-state index in [0.717, 1.165) is 22.2 Å². The number of aryl methyl sites for hydroxylation is 1. The number of hydrazone groups is 1. The molecule has 0 bridgehead atoms. The number of rotatable bonds is 4. The maximum Gasteiger partial charge on any atom is 0.277 e. The summed E-state index contributed by atoms with van der Waals surface area (Å²) in [7, 11) is 1.59. The van der Waals surface area contributed by atoms with Crippen LogP contribution in [-0.4, -0.2) is 28.7 Å². The minimum Gasteiger partial charge on any atom is -0.497 e. The number of amides is 1. The average molecular weight is 474 g/mol. The molecule has 0 fully saturated rings. The summed E-state index contributed by atoms with van der Waals surface area (Å²) in [4.78, 5) is 18.0. The summed E-state index contributed by atoms with van der Waals surface area (Å²) < 4.78 is 19.8. The van der Waals surface area contributed by atoms with Crippen LogP contribution in [0.15, 0.2) is 77.9 Å². The average Bonchev–Trinajstić information content (AvgIpc) is 3.28. The second-order valence-electron chi connectivity index (χ2n) is 8.19. The lowest BCUT2D eigenvalue weighted by Crippen LogP contribution is -2.28. The minimum atomic E-state index is -0.597. The van der Waals surface area contributed by atoms with Crippen LogP contribution in [0.25, 0.3) is 10.9 Å². The standard InChI is InChI=1S/C27H21ClFN3O2/c1-16-7-9-17(10-8-16)24-15-25(32(31-24)27(33)20-5-3-4-6-22(20)29)21-13-18-11-12-19(34-2)14-23(18)30-26(21)28/h3-14,25H,15H2,1-2H3. The van der Waals surface area contributed by atoms with Crippen molar-refractivity contribution >= 4 is 34.1 Å². The topological polar surface area (TPSA) is 54.8 Å². The number of hydrogen-bond acceptors (Lipinski definition) is 4. The predicted molar refractivity (Wildman–Crippen MR) is 131 cm³/mol. The molecule has 5 rings (SSSR count). The van der Waals surface area contributed by atoms with Crippen LogP contribution in [0.4, 0.5) is 4.39 Å². The number of pyridine rings is 1. The van der Waals surface area contributed by atoms with E-state index in [9.17, 15) is 9.18 Å². The first-order chi connectivity index (χ1) is 16.4. The molecule has 1 aliphatic rings. The number of aromatic nitrogens is 1. The molecule has 1 atom stereocenters. The molecule has 0 radical (unpaired) electrons. The van der Waals surface area contributed by atoms with Gasteiger partial charge in [-0.25, -0.2) is 14.4 Å². The van der Waals surface area contributed by atoms with Gasteiger partial charge >= 0.3 is 0 Å². The predicted octanol–water partition coefficient (Wildman–Crippen LogP) is 6.34. The zero-order valence-corrected chi connectivity index (χ0v) is 19.4. The van der Waals surface area contributed by atoms with Crippen LogP contribution in [0.5, 0.6) is 5.75 Å². The number of hydrogen-bond donors (Lipinski definition) is 0. The van der Waals surface area contributed by atoms with E-state index in [1.165, 1.54) is 17.1 Å². The van der Waals surface area contributed by atoms with Crippen molar-refractivity contribution < 1.29 is 13.9 Å². The van der Waals surface area contributed by atoms with E-state index in [-0.39, 0.29) is 10.7 Å². The SMILES string of the molecule is COc1ccc2cc(C3CC(c4ccc(C)cc4)=NN3C(=O)c3ccccc3F)c(Cl)nc2c1. The summed E-state index contributed by atoms with van der Waals surface area (Å²) in [6.45, 7) is 2.01. The molecule has 1 aliphatic heterocycles. The minimum absolute atomic E-state index is 0.0454. The van der Waals surface area contributed by atoms with E-state index in [1.54, 1.807) is 25.3 Å². The van der Waals surface area contributed by atoms with Gasteiger partial charge in [0.25, 0.3) is 5.91 Å². The fourth-order valence-corrected chi connectivity index (χ4v) is 4.39. The Hall–Kier alpha value is -3.77. The number of ether oxygens (including phenoxy) is 1. The van der Waals surface area contributed by atoms with Crippen molar-refractivity contribution in [1.29, 1.82) is 0 Å². The van der Waals surface area contributed by atoms with Crippen LogP contribution in [-0.2, 0) is 0 Å². The fraction of sp³-hybridized carbons (Fsp3) is 0.148. The first kappa shape index (κ1) is 22.0. The van der Waals surface area contributed by atoms with Gasteiger partial charge in [-0.15, -0.1) is 0 Å². The number of fused-ring (bicyclic) bond motifs is 1. The van der Waals surface area contributed by atoms with Crippen LogP contribution in [0, 0.1) is 12.7 Å². The Morgan fingerprint density at radius 3 is 2.59 bits per heavy atom. The van der Waals surface area contributed by atoms with Crippen LogP contribution in [0.1, 0.15) is 39.5 Å². The van der Waals surface area contributed by atoms with Gasteiger partial charge in [0.1, 0.15) is 16.7 Å². The molecule has 0 aliphatic carbocycles. The van der Waals surface area contributed by atoms with Gasteiger partial charge < -0.3 is 4.74 Å². The quantitative estimate of drug-likeness (QED) is 0.325. The molecule has 0 saturated carbocycles. The third kappa shape index (κ3) is 4.01. The molecular weight excluding hydrogens is 453 g/mol. The van der Waals surface area contributed by atoms with Crippen molar-refractivity contribution in [3.63, 3.8) is 0 Å². The van der Waals surface area contributed by atoms with E-state index in [0.29, 0.717) is 23.3 Å². The normalized spacial score (nSPS) is 15.5. The van der Waals surface area contributed by atoms with Crippen molar-refractivity contribution in [2.45, 2.75) is 19.4 Å². The Morgan fingerprint density at radius 1 is 1.09 bits per heavy atom. The van der Waals surface area contributed by atoms with Crippen molar-refractivity contribution in [1.82, 2.24) is 9.99 Å². The Balaban J connectivity index is 1.61. The third-order valence-corrected chi connectivity index (χ3v) is 6.27. The Labute approximate surface area is 201 Å². The molecular formula is C27H21ClFN3O2. The van der Waals surface area contributed by atoms with Crippen molar-refractivity contribution in [2.24, 2.45) is 5.10 Å². The first-order valence-corrected chi connectivity index (χ1v) is 11.2. The summed E-state index contributed by atoms with van der Waals surface area (Å²) >= 11 is 6.63. The Kier molecular flexibility index (Phi) is 5.75. The monoisotopic (exact) mass is 473 g/mol. The van der Waals surface area contributed by atoms with Gasteiger partial charge in [0.05, 0.1) is 29.9 Å². The van der Waals surface area contributed by atoms with E-state index < -0.39 is 17.8 Å². The number of methoxy groups -OCH3 is 1. The van der Waals surface area contributed by atoms with Gasteiger partial charge in [-0.2, -0.15) is 5.10 Å². The van der Waals surface area contributed by atoms with Crippen molar-refractivity contribution in [3.8, 4) is 5.75 Å². The van der Waals surface area contributed by atoms with Gasteiger partial charge in [-0.1, -0.05) is 53.6 Å². The molecule has 2 heterocycles. The van der Waals surface area contributed by atoms with E-state index in [4.69, 9.17) is 16.3 Å². The molecule has 0 spiro atoms. The fourth-order valence-electron chi connectivity index (χ4n) is 4.12. The lowest BCUT2D eigenvalue weighted by atomic mass is 9.97. The first-order valence-electron chi connectivity index (χ1n) is 10.8. The second kappa shape index (κ2) is 8.88. The summed E-state index contributed by atoms with van der Waals surface area (Å²) in [5.74, 6) is -0.456. The van der Waals surface area contributed by atoms with Crippen molar-refractivity contribution in [3.05, 3.63) is 106 Å². The van der Waals surface area contributed by atoms with Crippen LogP contribution in [0.2, 0.25) is 5.15 Å². The van der Waals surface area contributed by atoms with Crippen LogP contribution < -0.4 is 4.74 Å². The van der Waals surface area contributed by atoms with Gasteiger partial charge in [0.2, 0.25) is 0 Å². The zero-order valence-electron chi connectivity index (χ0n) is 18.6. The molecule has 5 nitrogen and oxygen atoms in total. The largest absolute Gasteiger partial charge is 0.497 e. The van der Waals surface area contributed by atoms with E-state index in [2.05, 4.69) is 10.1 Å². The molecule has 4 aromatic rings. The highest BCUT2D eigenvalue weighted by molar-refractivity contribution is 6.30. The second-order valence-corrected chi connectivity index (χ2v) is 8.55. The number of benzene rings is 3. The smallest absolute Gasteiger partial charge is 0.277 e. The Morgan fingerprint density at radius 2 is 1.85 bits per heavy atom. The Bertz CT molecular complexity index is 1440. The summed E-state index contributed by atoms with van der Waals surface area (Å²) in [6.07, 6.45) is 0.423. The summed E-state index contributed by atoms with van der Waals surface area (Å²) in [5, 5.41) is 7.08. The zero-order chi connectivity index (χ0) is 23.8. The molecule has 34 heavy (non-hydrogen) atoms. The molecule has 1 amide bonds. The highest BCUT2D eigenvalue weighted by atomic mass is 35.5. The molecule has 3 aromatic carbocycles. The third-order valence-electron chi connectivity index (χ3n) is 5.97. The highest BCUT2D eigenvalue weighted by Gasteiger charge is 2.36. The van der Waals surface area contributed by atoms with E-state index >= 15 is 0 Å². The highest BCUT2D eigenvalue weighted by Crippen LogP contribution is 2.38. The van der Waals surface area contributed by atoms with Gasteiger partial charge in [-0.05, 0) is 42.8 Å². The lowest BCUT2D eigenvalue weighted by Gasteiger charge is -2.23. The number of halogens is 2. The molecule has 7 heteroatoms. The van der Waals surface area contributed by atoms with Gasteiger partial charge in [-0.3, -0.25) is 4.79 Å². The maximum absolute atomic E-state index is 14.5. The van der Waals surface area contributed by atoms with Crippen LogP contribution >= 0.6 is 11.6 Å². The molecule has 0 saturated heterocycles. The summed E-state index contributed by atoms with van der Waals surface area (Å²) in [5.41, 5.74) is 4.02. The van der Waals surface area contributed by atoms with Crippen molar-refractivity contribution in [2.75, 3.05) is 7.11 Å². The van der Waals surface area contributed by atoms with E-state index in [1.807, 2.05) is 49.4 Å². The van der Waals surface area contributed by atoms with Crippen LogP contribution in [0.3, 0.4) is 0 Å². The molecule has 1 unspecified atom stereocenters. The molecule has 1 aromatic heterocycles. The number of carbonyl (C=O) groups excluding carboxylic acids is 1. The van der Waals surface area contributed by atoms with Gasteiger partial charge in [0.15, 0.2) is 0 Å². The molecule has 170 valence electrons.